The summed E-state index contributed by atoms with van der Waals surface area (Å²) < 4.78 is 20.9. The van der Waals surface area contributed by atoms with Gasteiger partial charge in [-0.05, 0) is 54.8 Å². The van der Waals surface area contributed by atoms with E-state index in [1.807, 2.05) is 42.7 Å². The molecule has 4 nitrogen and oxygen atoms in total. The minimum Gasteiger partial charge on any atom is -0.463 e. The zero-order chi connectivity index (χ0) is 19.0. The van der Waals surface area contributed by atoms with Crippen LogP contribution in [0.1, 0.15) is 27.2 Å². The fraction of sp³-hybridized carbons (Fsp3) is 0.136. The summed E-state index contributed by atoms with van der Waals surface area (Å²) in [7, 11) is 0. The number of benzene rings is 2. The lowest BCUT2D eigenvalue weighted by molar-refractivity contribution is 0.101. The molecular formula is C22H19FN2O2. The van der Waals surface area contributed by atoms with Gasteiger partial charge in [0.2, 0.25) is 0 Å². The van der Waals surface area contributed by atoms with Gasteiger partial charge in [0.15, 0.2) is 5.58 Å². The molecule has 0 atom stereocenters. The van der Waals surface area contributed by atoms with E-state index in [0.717, 1.165) is 27.9 Å². The van der Waals surface area contributed by atoms with Crippen LogP contribution >= 0.6 is 0 Å². The second-order valence-electron chi connectivity index (χ2n) is 6.75. The fourth-order valence-electron chi connectivity index (χ4n) is 3.40. The van der Waals surface area contributed by atoms with Crippen LogP contribution in [0.4, 0.5) is 10.1 Å². The van der Waals surface area contributed by atoms with Gasteiger partial charge in [0.05, 0.1) is 11.8 Å². The molecule has 0 aliphatic rings. The number of aryl methyl sites for hydroxylation is 2. The molecule has 2 heterocycles. The molecule has 0 saturated carbocycles. The molecule has 5 heteroatoms. The fourth-order valence-corrected chi connectivity index (χ4v) is 3.40. The van der Waals surface area contributed by atoms with Gasteiger partial charge < -0.3 is 14.3 Å². The highest BCUT2D eigenvalue weighted by atomic mass is 19.1. The van der Waals surface area contributed by atoms with Crippen molar-refractivity contribution < 1.29 is 13.6 Å². The molecule has 1 amide bonds. The Labute approximate surface area is 156 Å². The Hall–Kier alpha value is -3.34. The number of aromatic nitrogens is 1. The molecule has 4 aromatic rings. The van der Waals surface area contributed by atoms with Gasteiger partial charge in [0.1, 0.15) is 11.5 Å². The molecule has 0 fully saturated rings. The highest BCUT2D eigenvalue weighted by Gasteiger charge is 2.18. The minimum absolute atomic E-state index is 0.234. The first kappa shape index (κ1) is 17.1. The van der Waals surface area contributed by atoms with Crippen molar-refractivity contribution in [2.75, 3.05) is 5.32 Å². The highest BCUT2D eigenvalue weighted by molar-refractivity contribution is 6.06. The van der Waals surface area contributed by atoms with Crippen LogP contribution in [0.15, 0.2) is 65.3 Å². The lowest BCUT2D eigenvalue weighted by Gasteiger charge is -2.12. The lowest BCUT2D eigenvalue weighted by Crippen LogP contribution is -2.17. The summed E-state index contributed by atoms with van der Waals surface area (Å²) >= 11 is 0. The van der Waals surface area contributed by atoms with Gasteiger partial charge in [-0.2, -0.15) is 0 Å². The number of hydrogen-bond donors (Lipinski definition) is 1. The lowest BCUT2D eigenvalue weighted by atomic mass is 10.1. The molecule has 136 valence electrons. The number of nitrogens with one attached hydrogen (secondary N) is 1. The summed E-state index contributed by atoms with van der Waals surface area (Å²) in [5.74, 6) is -0.535. The standard InChI is InChI=1S/C22H19FN2O2/c1-14-8-15(2)10-18(9-14)24-22(26)20-12-21-19(6-7-27-21)25(20)13-16-4-3-5-17(23)11-16/h3-12H,13H2,1-2H3,(H,24,26). The molecule has 0 bridgehead atoms. The molecule has 0 aliphatic carbocycles. The SMILES string of the molecule is Cc1cc(C)cc(NC(=O)c2cc3occc3n2Cc2cccc(F)c2)c1. The number of nitrogens with zero attached hydrogens (tertiary/aromatic N) is 1. The second-order valence-corrected chi connectivity index (χ2v) is 6.75. The first-order valence-electron chi connectivity index (χ1n) is 8.70. The van der Waals surface area contributed by atoms with Crippen molar-refractivity contribution in [2.24, 2.45) is 0 Å². The molecule has 0 unspecified atom stereocenters. The number of rotatable bonds is 4. The van der Waals surface area contributed by atoms with E-state index in [9.17, 15) is 9.18 Å². The Bertz CT molecular complexity index is 1120. The number of hydrogen-bond acceptors (Lipinski definition) is 2. The van der Waals surface area contributed by atoms with Gasteiger partial charge in [0.25, 0.3) is 5.91 Å². The maximum atomic E-state index is 13.6. The Morgan fingerprint density at radius 1 is 1.07 bits per heavy atom. The largest absolute Gasteiger partial charge is 0.463 e. The van der Waals surface area contributed by atoms with Gasteiger partial charge >= 0.3 is 0 Å². The summed E-state index contributed by atoms with van der Waals surface area (Å²) in [5, 5.41) is 2.95. The van der Waals surface area contributed by atoms with Gasteiger partial charge in [-0.25, -0.2) is 4.39 Å². The topological polar surface area (TPSA) is 47.2 Å². The summed E-state index contributed by atoms with van der Waals surface area (Å²) in [6, 6.07) is 15.8. The molecule has 4 rings (SSSR count). The molecular weight excluding hydrogens is 343 g/mol. The molecule has 2 aromatic heterocycles. The Kier molecular flexibility index (Phi) is 4.28. The van der Waals surface area contributed by atoms with E-state index < -0.39 is 0 Å². The highest BCUT2D eigenvalue weighted by Crippen LogP contribution is 2.24. The van der Waals surface area contributed by atoms with Crippen molar-refractivity contribution in [3.63, 3.8) is 0 Å². The van der Waals surface area contributed by atoms with E-state index in [4.69, 9.17) is 4.42 Å². The van der Waals surface area contributed by atoms with Gasteiger partial charge in [-0.3, -0.25) is 4.79 Å². The number of furan rings is 1. The molecule has 2 aromatic carbocycles. The number of anilines is 1. The quantitative estimate of drug-likeness (QED) is 0.536. The zero-order valence-electron chi connectivity index (χ0n) is 15.1. The maximum Gasteiger partial charge on any atom is 0.272 e. The molecule has 1 N–H and O–H groups in total. The van der Waals surface area contributed by atoms with Crippen LogP contribution in [-0.4, -0.2) is 10.5 Å². The average Bonchev–Trinajstić information content (AvgIpc) is 3.16. The number of halogens is 1. The third-order valence-corrected chi connectivity index (χ3v) is 4.46. The molecule has 0 radical (unpaired) electrons. The third kappa shape index (κ3) is 3.49. The van der Waals surface area contributed by atoms with E-state index in [1.54, 1.807) is 18.4 Å². The van der Waals surface area contributed by atoms with Crippen molar-refractivity contribution in [3.8, 4) is 0 Å². The summed E-state index contributed by atoms with van der Waals surface area (Å²) in [6.45, 7) is 4.35. The van der Waals surface area contributed by atoms with E-state index in [2.05, 4.69) is 11.4 Å². The van der Waals surface area contributed by atoms with Gasteiger partial charge in [-0.15, -0.1) is 0 Å². The number of carbonyl (C=O) groups is 1. The molecule has 0 spiro atoms. The van der Waals surface area contributed by atoms with Crippen molar-refractivity contribution >= 4 is 22.7 Å². The average molecular weight is 362 g/mol. The van der Waals surface area contributed by atoms with Crippen molar-refractivity contribution in [2.45, 2.75) is 20.4 Å². The predicted molar refractivity (Wildman–Crippen MR) is 104 cm³/mol. The summed E-state index contributed by atoms with van der Waals surface area (Å²) in [4.78, 5) is 12.9. The van der Waals surface area contributed by atoms with E-state index in [0.29, 0.717) is 17.8 Å². The normalized spacial score (nSPS) is 11.1. The smallest absolute Gasteiger partial charge is 0.272 e. The van der Waals surface area contributed by atoms with Crippen molar-refractivity contribution in [1.29, 1.82) is 0 Å². The van der Waals surface area contributed by atoms with E-state index in [-0.39, 0.29) is 11.7 Å². The molecule has 27 heavy (non-hydrogen) atoms. The summed E-state index contributed by atoms with van der Waals surface area (Å²) in [5.41, 5.74) is 5.56. The number of amides is 1. The van der Waals surface area contributed by atoms with Crippen molar-refractivity contribution in [1.82, 2.24) is 4.57 Å². The predicted octanol–water partition coefficient (Wildman–Crippen LogP) is 5.29. The van der Waals surface area contributed by atoms with Crippen LogP contribution < -0.4 is 5.32 Å². The second kappa shape index (κ2) is 6.76. The van der Waals surface area contributed by atoms with Gasteiger partial charge in [-0.1, -0.05) is 18.2 Å². The monoisotopic (exact) mass is 362 g/mol. The zero-order valence-corrected chi connectivity index (χ0v) is 15.1. The van der Waals surface area contributed by atoms with Crippen LogP contribution in [0, 0.1) is 19.7 Å². The number of fused-ring (bicyclic) bond motifs is 1. The van der Waals surface area contributed by atoms with Crippen molar-refractivity contribution in [3.05, 3.63) is 89.1 Å². The molecule has 0 saturated heterocycles. The van der Waals surface area contributed by atoms with Crippen LogP contribution in [0.25, 0.3) is 11.1 Å². The van der Waals surface area contributed by atoms with Crippen LogP contribution in [0.3, 0.4) is 0 Å². The molecule has 0 aliphatic heterocycles. The van der Waals surface area contributed by atoms with Crippen LogP contribution in [0.2, 0.25) is 0 Å². The van der Waals surface area contributed by atoms with E-state index in [1.165, 1.54) is 12.1 Å². The number of carbonyl (C=O) groups excluding carboxylic acids is 1. The first-order valence-corrected chi connectivity index (χ1v) is 8.70. The Morgan fingerprint density at radius 3 is 2.59 bits per heavy atom. The maximum absolute atomic E-state index is 13.6. The minimum atomic E-state index is -0.302. The van der Waals surface area contributed by atoms with Gasteiger partial charge in [0, 0.05) is 24.4 Å². The first-order chi connectivity index (χ1) is 13.0. The third-order valence-electron chi connectivity index (χ3n) is 4.46. The summed E-state index contributed by atoms with van der Waals surface area (Å²) in [6.07, 6.45) is 1.58. The van der Waals surface area contributed by atoms with Crippen LogP contribution in [-0.2, 0) is 6.54 Å². The Morgan fingerprint density at radius 2 is 1.85 bits per heavy atom. The Balaban J connectivity index is 1.70. The van der Waals surface area contributed by atoms with Crippen LogP contribution in [0.5, 0.6) is 0 Å². The van der Waals surface area contributed by atoms with E-state index >= 15 is 0 Å².